The first kappa shape index (κ1) is 21.6. The van der Waals surface area contributed by atoms with Crippen molar-refractivity contribution in [2.45, 2.75) is 40.5 Å². The van der Waals surface area contributed by atoms with Crippen molar-refractivity contribution < 1.29 is 19.0 Å². The van der Waals surface area contributed by atoms with Gasteiger partial charge in [-0.15, -0.1) is 0 Å². The number of carbonyl (C=O) groups excluding carboxylic acids is 1. The van der Waals surface area contributed by atoms with Crippen LogP contribution in [-0.4, -0.2) is 18.2 Å². The molecule has 0 bridgehead atoms. The summed E-state index contributed by atoms with van der Waals surface area (Å²) in [6.45, 7) is 8.00. The maximum Gasteiger partial charge on any atom is 0.338 e. The highest BCUT2D eigenvalue weighted by atomic mass is 19.1. The molecule has 0 aliphatic heterocycles. The highest BCUT2D eigenvalue weighted by molar-refractivity contribution is 5.91. The second kappa shape index (κ2) is 12.1. The van der Waals surface area contributed by atoms with Crippen LogP contribution in [0.25, 0.3) is 0 Å². The number of aryl methyl sites for hydroxylation is 2. The van der Waals surface area contributed by atoms with Gasteiger partial charge in [-0.2, -0.15) is 0 Å². The molecule has 0 aliphatic rings. The van der Waals surface area contributed by atoms with Crippen molar-refractivity contribution in [2.24, 2.45) is 0 Å². The molecule has 2 aromatic rings. The number of carbonyl (C=O) groups is 1. The third-order valence-corrected chi connectivity index (χ3v) is 3.10. The molecule has 0 saturated heterocycles. The maximum atomic E-state index is 12.8. The number of hydrogen-bond acceptors (Lipinski definition) is 3. The standard InChI is InChI=1S/C16H15FO3.2C2H6/c1-20-16(19)15-10-14(18)9-6-12(15)5-2-11-3-7-13(17)8-4-11;2*1-2/h3-4,6-10,18H,2,5H2,1H3;2*1-2H3. The summed E-state index contributed by atoms with van der Waals surface area (Å²) in [6, 6.07) is 10.9. The lowest BCUT2D eigenvalue weighted by atomic mass is 9.99. The molecule has 0 aromatic heterocycles. The molecule has 0 unspecified atom stereocenters. The van der Waals surface area contributed by atoms with E-state index in [1.807, 2.05) is 27.7 Å². The van der Waals surface area contributed by atoms with E-state index in [4.69, 9.17) is 4.74 Å². The van der Waals surface area contributed by atoms with Crippen molar-refractivity contribution in [1.82, 2.24) is 0 Å². The van der Waals surface area contributed by atoms with Crippen molar-refractivity contribution in [3.8, 4) is 5.75 Å². The fourth-order valence-electron chi connectivity index (χ4n) is 2.01. The summed E-state index contributed by atoms with van der Waals surface area (Å²) in [7, 11) is 1.30. The molecule has 0 spiro atoms. The molecule has 24 heavy (non-hydrogen) atoms. The lowest BCUT2D eigenvalue weighted by Gasteiger charge is -2.08. The zero-order valence-corrected chi connectivity index (χ0v) is 15.1. The van der Waals surface area contributed by atoms with Crippen LogP contribution in [-0.2, 0) is 17.6 Å². The van der Waals surface area contributed by atoms with Crippen LogP contribution in [0.2, 0.25) is 0 Å². The van der Waals surface area contributed by atoms with E-state index in [-0.39, 0.29) is 11.6 Å². The number of ether oxygens (including phenoxy) is 1. The summed E-state index contributed by atoms with van der Waals surface area (Å²) in [5.41, 5.74) is 2.13. The Morgan fingerprint density at radius 1 is 1.00 bits per heavy atom. The SMILES string of the molecule is CC.CC.COC(=O)c1cc(O)ccc1CCc1ccc(F)cc1. The average molecular weight is 334 g/mol. The van der Waals surface area contributed by atoms with Crippen LogP contribution >= 0.6 is 0 Å². The predicted molar refractivity (Wildman–Crippen MR) is 96.0 cm³/mol. The normalized spacial score (nSPS) is 9.08. The van der Waals surface area contributed by atoms with E-state index in [0.29, 0.717) is 18.4 Å². The lowest BCUT2D eigenvalue weighted by molar-refractivity contribution is 0.0599. The van der Waals surface area contributed by atoms with E-state index < -0.39 is 5.97 Å². The number of methoxy groups -OCH3 is 1. The minimum atomic E-state index is -0.477. The molecular formula is C20H27FO3. The first-order valence-electron chi connectivity index (χ1n) is 8.25. The van der Waals surface area contributed by atoms with Gasteiger partial charge in [0.1, 0.15) is 11.6 Å². The molecule has 2 aromatic carbocycles. The van der Waals surface area contributed by atoms with E-state index in [2.05, 4.69) is 0 Å². The van der Waals surface area contributed by atoms with Gasteiger partial charge in [0.15, 0.2) is 0 Å². The first-order chi connectivity index (χ1) is 11.6. The van der Waals surface area contributed by atoms with E-state index in [0.717, 1.165) is 11.1 Å². The molecule has 132 valence electrons. The van der Waals surface area contributed by atoms with E-state index in [9.17, 15) is 14.3 Å². The quantitative estimate of drug-likeness (QED) is 0.786. The summed E-state index contributed by atoms with van der Waals surface area (Å²) in [4.78, 5) is 11.7. The predicted octanol–water partition coefficient (Wildman–Crippen LogP) is 5.16. The third-order valence-electron chi connectivity index (χ3n) is 3.10. The van der Waals surface area contributed by atoms with Gasteiger partial charge in [-0.05, 0) is 48.2 Å². The van der Waals surface area contributed by atoms with Gasteiger partial charge in [0.05, 0.1) is 12.7 Å². The van der Waals surface area contributed by atoms with Crippen LogP contribution in [0.5, 0.6) is 5.75 Å². The topological polar surface area (TPSA) is 46.5 Å². The molecular weight excluding hydrogens is 307 g/mol. The van der Waals surface area contributed by atoms with Gasteiger partial charge in [-0.1, -0.05) is 45.9 Å². The molecule has 0 aliphatic carbocycles. The number of esters is 1. The van der Waals surface area contributed by atoms with Crippen LogP contribution in [0.3, 0.4) is 0 Å². The van der Waals surface area contributed by atoms with Crippen molar-refractivity contribution in [1.29, 1.82) is 0 Å². The molecule has 4 heteroatoms. The first-order valence-corrected chi connectivity index (χ1v) is 8.25. The monoisotopic (exact) mass is 334 g/mol. The van der Waals surface area contributed by atoms with Gasteiger partial charge in [-0.3, -0.25) is 0 Å². The Balaban J connectivity index is 0.00000123. The Kier molecular flexibility index (Phi) is 10.9. The maximum absolute atomic E-state index is 12.8. The smallest absolute Gasteiger partial charge is 0.338 e. The van der Waals surface area contributed by atoms with E-state index in [1.54, 1.807) is 18.2 Å². The van der Waals surface area contributed by atoms with Crippen molar-refractivity contribution >= 4 is 5.97 Å². The molecule has 0 saturated carbocycles. The number of phenols is 1. The fraction of sp³-hybridized carbons (Fsp3) is 0.350. The molecule has 0 fully saturated rings. The fourth-order valence-corrected chi connectivity index (χ4v) is 2.01. The molecule has 0 radical (unpaired) electrons. The second-order valence-corrected chi connectivity index (χ2v) is 4.46. The van der Waals surface area contributed by atoms with Crippen LogP contribution in [0, 0.1) is 5.82 Å². The van der Waals surface area contributed by atoms with Gasteiger partial charge < -0.3 is 9.84 Å². The van der Waals surface area contributed by atoms with E-state index >= 15 is 0 Å². The van der Waals surface area contributed by atoms with Crippen LogP contribution in [0.15, 0.2) is 42.5 Å². The lowest BCUT2D eigenvalue weighted by Crippen LogP contribution is -2.06. The number of halogens is 1. The third kappa shape index (κ3) is 6.82. The zero-order valence-electron chi connectivity index (χ0n) is 15.1. The Hall–Kier alpha value is -2.36. The number of hydrogen-bond donors (Lipinski definition) is 1. The zero-order chi connectivity index (χ0) is 18.5. The van der Waals surface area contributed by atoms with Gasteiger partial charge in [0, 0.05) is 0 Å². The van der Waals surface area contributed by atoms with Crippen LogP contribution in [0.4, 0.5) is 4.39 Å². The highest BCUT2D eigenvalue weighted by Gasteiger charge is 2.12. The van der Waals surface area contributed by atoms with Gasteiger partial charge >= 0.3 is 5.97 Å². The average Bonchev–Trinajstić information content (AvgIpc) is 2.64. The minimum absolute atomic E-state index is 0.0240. The molecule has 2 rings (SSSR count). The molecule has 0 heterocycles. The minimum Gasteiger partial charge on any atom is -0.508 e. The number of phenolic OH excluding ortho intramolecular Hbond substituents is 1. The summed E-state index contributed by atoms with van der Waals surface area (Å²) >= 11 is 0. The Labute approximate surface area is 144 Å². The summed E-state index contributed by atoms with van der Waals surface area (Å²) in [5, 5.41) is 9.45. The summed E-state index contributed by atoms with van der Waals surface area (Å²) in [6.07, 6.45) is 1.28. The van der Waals surface area contributed by atoms with Crippen LogP contribution < -0.4 is 0 Å². The Bertz CT molecular complexity index is 607. The van der Waals surface area contributed by atoms with Crippen LogP contribution in [0.1, 0.15) is 49.2 Å². The second-order valence-electron chi connectivity index (χ2n) is 4.46. The van der Waals surface area contributed by atoms with Crippen molar-refractivity contribution in [2.75, 3.05) is 7.11 Å². The number of benzene rings is 2. The molecule has 3 nitrogen and oxygen atoms in total. The molecule has 0 atom stereocenters. The largest absolute Gasteiger partial charge is 0.508 e. The summed E-state index contributed by atoms with van der Waals surface area (Å²) < 4.78 is 17.5. The van der Waals surface area contributed by atoms with Crippen molar-refractivity contribution in [3.05, 3.63) is 65.0 Å². The van der Waals surface area contributed by atoms with Gasteiger partial charge in [0.25, 0.3) is 0 Å². The van der Waals surface area contributed by atoms with Crippen molar-refractivity contribution in [3.63, 3.8) is 0 Å². The highest BCUT2D eigenvalue weighted by Crippen LogP contribution is 2.19. The molecule has 0 amide bonds. The van der Waals surface area contributed by atoms with Gasteiger partial charge in [0.2, 0.25) is 0 Å². The Morgan fingerprint density at radius 2 is 1.58 bits per heavy atom. The summed E-state index contributed by atoms with van der Waals surface area (Å²) in [5.74, 6) is -0.723. The number of aromatic hydroxyl groups is 1. The number of rotatable bonds is 4. The van der Waals surface area contributed by atoms with E-state index in [1.165, 1.54) is 31.4 Å². The molecule has 1 N–H and O–H groups in total. The van der Waals surface area contributed by atoms with Gasteiger partial charge in [-0.25, -0.2) is 9.18 Å². The Morgan fingerprint density at radius 3 is 2.12 bits per heavy atom.